The summed E-state index contributed by atoms with van der Waals surface area (Å²) in [5, 5.41) is 3.54. The van der Waals surface area contributed by atoms with Crippen LogP contribution in [0.2, 0.25) is 0 Å². The SMILES string of the molecule is Cc1ccc(NC2CC3CCC2N(C(=O)c2cccnc2-c2ncccc2F)C3)nc1. The van der Waals surface area contributed by atoms with Crippen LogP contribution < -0.4 is 5.32 Å². The van der Waals surface area contributed by atoms with Crippen LogP contribution in [0.5, 0.6) is 0 Å². The Labute approximate surface area is 180 Å². The molecule has 31 heavy (non-hydrogen) atoms. The van der Waals surface area contributed by atoms with Gasteiger partial charge in [0.1, 0.15) is 17.2 Å². The van der Waals surface area contributed by atoms with Gasteiger partial charge in [-0.3, -0.25) is 14.8 Å². The van der Waals surface area contributed by atoms with E-state index in [9.17, 15) is 9.18 Å². The molecule has 1 saturated carbocycles. The lowest BCUT2D eigenvalue weighted by atomic mass is 9.76. The lowest BCUT2D eigenvalue weighted by molar-refractivity contribution is 0.0282. The van der Waals surface area contributed by atoms with Gasteiger partial charge in [-0.15, -0.1) is 0 Å². The molecule has 3 unspecified atom stereocenters. The van der Waals surface area contributed by atoms with Crippen LogP contribution in [0, 0.1) is 18.7 Å². The number of amides is 1. The molecule has 5 heterocycles. The highest BCUT2D eigenvalue weighted by molar-refractivity contribution is 6.00. The zero-order valence-corrected chi connectivity index (χ0v) is 17.3. The number of pyridine rings is 3. The van der Waals surface area contributed by atoms with Crippen LogP contribution in [0.15, 0.2) is 55.0 Å². The number of aromatic nitrogens is 3. The van der Waals surface area contributed by atoms with Gasteiger partial charge in [0.25, 0.3) is 5.91 Å². The molecule has 3 aromatic heterocycles. The minimum absolute atomic E-state index is 0.0576. The number of nitrogens with zero attached hydrogens (tertiary/aromatic N) is 4. The summed E-state index contributed by atoms with van der Waals surface area (Å²) in [6.45, 7) is 2.72. The molecular formula is C24H24FN5O. The Kier molecular flexibility index (Phi) is 5.10. The summed E-state index contributed by atoms with van der Waals surface area (Å²) in [5.74, 6) is 0.656. The van der Waals surface area contributed by atoms with Gasteiger partial charge in [-0.25, -0.2) is 9.37 Å². The quantitative estimate of drug-likeness (QED) is 0.692. The van der Waals surface area contributed by atoms with Crippen LogP contribution in [0.4, 0.5) is 10.2 Å². The van der Waals surface area contributed by atoms with Crippen LogP contribution in [-0.2, 0) is 0 Å². The summed E-state index contributed by atoms with van der Waals surface area (Å²) in [4.78, 5) is 28.5. The molecule has 1 N–H and O–H groups in total. The summed E-state index contributed by atoms with van der Waals surface area (Å²) in [6.07, 6.45) is 7.99. The first kappa shape index (κ1) is 19.6. The zero-order chi connectivity index (χ0) is 21.4. The van der Waals surface area contributed by atoms with E-state index in [2.05, 4.69) is 20.3 Å². The van der Waals surface area contributed by atoms with E-state index in [1.54, 1.807) is 18.3 Å². The van der Waals surface area contributed by atoms with E-state index in [-0.39, 0.29) is 29.4 Å². The second-order valence-corrected chi connectivity index (χ2v) is 8.41. The first-order valence-electron chi connectivity index (χ1n) is 10.7. The second-order valence-electron chi connectivity index (χ2n) is 8.41. The van der Waals surface area contributed by atoms with Crippen molar-refractivity contribution in [2.24, 2.45) is 5.92 Å². The number of piperidine rings is 2. The smallest absolute Gasteiger partial charge is 0.256 e. The van der Waals surface area contributed by atoms with Crippen molar-refractivity contribution in [3.63, 3.8) is 0 Å². The van der Waals surface area contributed by atoms with Gasteiger partial charge in [0, 0.05) is 31.2 Å². The first-order chi connectivity index (χ1) is 15.1. The third kappa shape index (κ3) is 3.76. The molecule has 6 nitrogen and oxygen atoms in total. The maximum absolute atomic E-state index is 14.4. The Balaban J connectivity index is 1.44. The highest BCUT2D eigenvalue weighted by Crippen LogP contribution is 2.38. The van der Waals surface area contributed by atoms with E-state index in [0.717, 1.165) is 30.6 Å². The molecule has 0 aromatic carbocycles. The number of nitrogens with one attached hydrogen (secondary N) is 1. The van der Waals surface area contributed by atoms with E-state index >= 15 is 0 Å². The molecule has 158 valence electrons. The molecule has 3 fully saturated rings. The van der Waals surface area contributed by atoms with Gasteiger partial charge in [-0.05, 0) is 68.0 Å². The van der Waals surface area contributed by atoms with E-state index in [1.165, 1.54) is 18.3 Å². The van der Waals surface area contributed by atoms with Gasteiger partial charge in [-0.2, -0.15) is 0 Å². The van der Waals surface area contributed by atoms with Crippen molar-refractivity contribution in [3.05, 3.63) is 71.9 Å². The summed E-state index contributed by atoms with van der Waals surface area (Å²) < 4.78 is 14.4. The maximum atomic E-state index is 14.4. The fourth-order valence-corrected chi connectivity index (χ4v) is 4.81. The highest BCUT2D eigenvalue weighted by Gasteiger charge is 2.43. The molecule has 2 aliphatic heterocycles. The molecule has 6 rings (SSSR count). The predicted octanol–water partition coefficient (Wildman–Crippen LogP) is 4.09. The lowest BCUT2D eigenvalue weighted by Crippen LogP contribution is -2.59. The van der Waals surface area contributed by atoms with Crippen molar-refractivity contribution in [2.75, 3.05) is 11.9 Å². The van der Waals surface area contributed by atoms with E-state index in [4.69, 9.17) is 0 Å². The molecule has 3 aliphatic rings. The molecule has 3 atom stereocenters. The fraction of sp³-hybridized carbons (Fsp3) is 0.333. The summed E-state index contributed by atoms with van der Waals surface area (Å²) >= 11 is 0. The fourth-order valence-electron chi connectivity index (χ4n) is 4.81. The van der Waals surface area contributed by atoms with Gasteiger partial charge in [0.15, 0.2) is 5.82 Å². The number of hydrogen-bond donors (Lipinski definition) is 1. The molecule has 0 spiro atoms. The Morgan fingerprint density at radius 3 is 2.61 bits per heavy atom. The topological polar surface area (TPSA) is 71.0 Å². The number of carbonyl (C=O) groups excluding carboxylic acids is 1. The Hall–Kier alpha value is -3.35. The van der Waals surface area contributed by atoms with Crippen molar-refractivity contribution >= 4 is 11.7 Å². The minimum atomic E-state index is -0.486. The summed E-state index contributed by atoms with van der Waals surface area (Å²) in [6, 6.07) is 10.5. The lowest BCUT2D eigenvalue weighted by Gasteiger charge is -2.50. The first-order valence-corrected chi connectivity index (χ1v) is 10.7. The van der Waals surface area contributed by atoms with Crippen molar-refractivity contribution in [3.8, 4) is 11.4 Å². The average Bonchev–Trinajstić information content (AvgIpc) is 2.81. The Bertz CT molecular complexity index is 1100. The van der Waals surface area contributed by atoms with Crippen LogP contribution in [0.25, 0.3) is 11.4 Å². The van der Waals surface area contributed by atoms with Crippen molar-refractivity contribution in [1.29, 1.82) is 0 Å². The normalized spacial score (nSPS) is 22.4. The molecular weight excluding hydrogens is 393 g/mol. The number of hydrogen-bond acceptors (Lipinski definition) is 5. The van der Waals surface area contributed by atoms with Gasteiger partial charge in [0.2, 0.25) is 0 Å². The van der Waals surface area contributed by atoms with Crippen LogP contribution in [0.3, 0.4) is 0 Å². The summed E-state index contributed by atoms with van der Waals surface area (Å²) in [7, 11) is 0. The highest BCUT2D eigenvalue weighted by atomic mass is 19.1. The van der Waals surface area contributed by atoms with Gasteiger partial charge >= 0.3 is 0 Å². The standard InChI is InChI=1S/C24H24FN5O/c1-15-6-9-21(28-13-15)29-19-12-16-7-8-20(19)30(14-16)24(31)17-4-2-10-26-22(17)23-18(25)5-3-11-27-23/h2-6,9-11,13,16,19-20H,7-8,12,14H2,1H3,(H,28,29). The third-order valence-corrected chi connectivity index (χ3v) is 6.30. The molecule has 7 heteroatoms. The number of rotatable bonds is 4. The molecule has 2 saturated heterocycles. The third-order valence-electron chi connectivity index (χ3n) is 6.30. The van der Waals surface area contributed by atoms with Gasteiger partial charge in [-0.1, -0.05) is 6.07 Å². The monoisotopic (exact) mass is 417 g/mol. The number of fused-ring (bicyclic) bond motifs is 3. The van der Waals surface area contributed by atoms with E-state index in [1.807, 2.05) is 30.2 Å². The number of halogens is 1. The van der Waals surface area contributed by atoms with Gasteiger partial charge in [0.05, 0.1) is 11.6 Å². The largest absolute Gasteiger partial charge is 0.365 e. The van der Waals surface area contributed by atoms with Crippen molar-refractivity contribution in [1.82, 2.24) is 19.9 Å². The maximum Gasteiger partial charge on any atom is 0.256 e. The average molecular weight is 417 g/mol. The number of anilines is 1. The van der Waals surface area contributed by atoms with Crippen LogP contribution in [-0.4, -0.2) is 44.4 Å². The van der Waals surface area contributed by atoms with E-state index < -0.39 is 5.82 Å². The molecule has 0 radical (unpaired) electrons. The Morgan fingerprint density at radius 2 is 1.87 bits per heavy atom. The van der Waals surface area contributed by atoms with Gasteiger partial charge < -0.3 is 10.2 Å². The van der Waals surface area contributed by atoms with Crippen LogP contribution >= 0.6 is 0 Å². The summed E-state index contributed by atoms with van der Waals surface area (Å²) in [5.41, 5.74) is 1.89. The van der Waals surface area contributed by atoms with Crippen LogP contribution in [0.1, 0.15) is 35.2 Å². The molecule has 3 aromatic rings. The predicted molar refractivity (Wildman–Crippen MR) is 116 cm³/mol. The molecule has 2 bridgehead atoms. The number of aryl methyl sites for hydroxylation is 1. The molecule has 1 amide bonds. The molecule has 1 aliphatic carbocycles. The second kappa shape index (κ2) is 8.06. The minimum Gasteiger partial charge on any atom is -0.365 e. The number of carbonyl (C=O) groups is 1. The van der Waals surface area contributed by atoms with Crippen molar-refractivity contribution in [2.45, 2.75) is 38.3 Å². The Morgan fingerprint density at radius 1 is 1.06 bits per heavy atom. The van der Waals surface area contributed by atoms with E-state index in [0.29, 0.717) is 18.0 Å². The van der Waals surface area contributed by atoms with Crippen molar-refractivity contribution < 1.29 is 9.18 Å². The zero-order valence-electron chi connectivity index (χ0n) is 17.3.